The highest BCUT2D eigenvalue weighted by Gasteiger charge is 2.23. The second-order valence-electron chi connectivity index (χ2n) is 4.95. The quantitative estimate of drug-likeness (QED) is 0.869. The fraction of sp³-hybridized carbons (Fsp3) is 0.200. The van der Waals surface area contributed by atoms with E-state index in [0.29, 0.717) is 0 Å². The van der Waals surface area contributed by atoms with Crippen LogP contribution in [-0.4, -0.2) is 10.9 Å². The molecule has 1 aromatic carbocycles. The molecule has 2 rings (SSSR count). The van der Waals surface area contributed by atoms with Crippen LogP contribution in [0.4, 0.5) is 4.39 Å². The van der Waals surface area contributed by atoms with Crippen molar-refractivity contribution in [2.75, 3.05) is 0 Å². The molecule has 5 heteroatoms. The molecule has 0 unspecified atom stereocenters. The second kappa shape index (κ2) is 5.71. The largest absolute Gasteiger partial charge is 0.343 e. The van der Waals surface area contributed by atoms with Crippen molar-refractivity contribution < 1.29 is 9.18 Å². The first-order valence-electron chi connectivity index (χ1n) is 6.08. The Morgan fingerprint density at radius 3 is 2.50 bits per heavy atom. The van der Waals surface area contributed by atoms with Crippen LogP contribution < -0.4 is 5.32 Å². The maximum atomic E-state index is 13.0. The average molecular weight is 337 g/mol. The SMILES string of the molecule is CC(C)(NC(=O)c1ccnc(F)c1)c1ccc(Br)cc1. The first-order chi connectivity index (χ1) is 9.38. The van der Waals surface area contributed by atoms with E-state index in [9.17, 15) is 9.18 Å². The number of carbonyl (C=O) groups excluding carboxylic acids is 1. The van der Waals surface area contributed by atoms with Crippen molar-refractivity contribution in [1.29, 1.82) is 0 Å². The normalized spacial score (nSPS) is 11.2. The number of aromatic nitrogens is 1. The van der Waals surface area contributed by atoms with Gasteiger partial charge in [-0.05, 0) is 37.6 Å². The molecule has 0 saturated heterocycles. The third-order valence-corrected chi connectivity index (χ3v) is 3.51. The number of hydrogen-bond donors (Lipinski definition) is 1. The Hall–Kier alpha value is -1.75. The second-order valence-corrected chi connectivity index (χ2v) is 5.87. The van der Waals surface area contributed by atoms with Gasteiger partial charge in [0.25, 0.3) is 5.91 Å². The van der Waals surface area contributed by atoms with Gasteiger partial charge in [0.2, 0.25) is 5.95 Å². The molecule has 3 nitrogen and oxygen atoms in total. The lowest BCUT2D eigenvalue weighted by molar-refractivity contribution is 0.0911. The van der Waals surface area contributed by atoms with Crippen LogP contribution in [0.3, 0.4) is 0 Å². The molecule has 0 bridgehead atoms. The standard InChI is InChI=1S/C15H14BrFN2O/c1-15(2,11-3-5-12(16)6-4-11)19-14(20)10-7-8-18-13(17)9-10/h3-9H,1-2H3,(H,19,20). The molecule has 1 heterocycles. The molecule has 2 aromatic rings. The predicted octanol–water partition coefficient (Wildman–Crippen LogP) is 3.65. The Kier molecular flexibility index (Phi) is 4.18. The van der Waals surface area contributed by atoms with Crippen LogP contribution in [0, 0.1) is 5.95 Å². The zero-order chi connectivity index (χ0) is 14.8. The van der Waals surface area contributed by atoms with Crippen molar-refractivity contribution in [3.8, 4) is 0 Å². The first kappa shape index (κ1) is 14.7. The van der Waals surface area contributed by atoms with E-state index in [1.54, 1.807) is 0 Å². The van der Waals surface area contributed by atoms with Crippen LogP contribution in [0.5, 0.6) is 0 Å². The molecule has 0 spiro atoms. The number of nitrogens with one attached hydrogen (secondary N) is 1. The van der Waals surface area contributed by atoms with Gasteiger partial charge in [-0.3, -0.25) is 4.79 Å². The molecule has 1 amide bonds. The molecular formula is C15H14BrFN2O. The molecule has 0 saturated carbocycles. The van der Waals surface area contributed by atoms with Crippen LogP contribution >= 0.6 is 15.9 Å². The fourth-order valence-electron chi connectivity index (χ4n) is 1.84. The molecule has 0 aliphatic rings. The molecule has 0 radical (unpaired) electrons. The lowest BCUT2D eigenvalue weighted by atomic mass is 9.94. The van der Waals surface area contributed by atoms with Gasteiger partial charge in [0.05, 0.1) is 5.54 Å². The van der Waals surface area contributed by atoms with E-state index >= 15 is 0 Å². The van der Waals surface area contributed by atoms with Crippen molar-refractivity contribution in [2.24, 2.45) is 0 Å². The topological polar surface area (TPSA) is 42.0 Å². The zero-order valence-electron chi connectivity index (χ0n) is 11.2. The van der Waals surface area contributed by atoms with E-state index in [2.05, 4.69) is 26.2 Å². The molecule has 1 N–H and O–H groups in total. The van der Waals surface area contributed by atoms with Gasteiger partial charge in [-0.2, -0.15) is 4.39 Å². The average Bonchev–Trinajstić information content (AvgIpc) is 2.38. The highest BCUT2D eigenvalue weighted by molar-refractivity contribution is 9.10. The van der Waals surface area contributed by atoms with Gasteiger partial charge in [-0.1, -0.05) is 28.1 Å². The van der Waals surface area contributed by atoms with Crippen LogP contribution in [-0.2, 0) is 5.54 Å². The van der Waals surface area contributed by atoms with Crippen LogP contribution in [0.25, 0.3) is 0 Å². The molecule has 0 aliphatic heterocycles. The minimum atomic E-state index is -0.668. The minimum absolute atomic E-state index is 0.252. The molecule has 20 heavy (non-hydrogen) atoms. The highest BCUT2D eigenvalue weighted by atomic mass is 79.9. The van der Waals surface area contributed by atoms with E-state index in [1.807, 2.05) is 38.1 Å². The van der Waals surface area contributed by atoms with Crippen molar-refractivity contribution in [2.45, 2.75) is 19.4 Å². The highest BCUT2D eigenvalue weighted by Crippen LogP contribution is 2.22. The molecular weight excluding hydrogens is 323 g/mol. The number of amides is 1. The Bertz CT molecular complexity index is 626. The van der Waals surface area contributed by atoms with Crippen molar-refractivity contribution >= 4 is 21.8 Å². The number of hydrogen-bond acceptors (Lipinski definition) is 2. The van der Waals surface area contributed by atoms with Crippen molar-refractivity contribution in [1.82, 2.24) is 10.3 Å². The van der Waals surface area contributed by atoms with Gasteiger partial charge in [0, 0.05) is 22.3 Å². The van der Waals surface area contributed by atoms with Gasteiger partial charge >= 0.3 is 0 Å². The maximum absolute atomic E-state index is 13.0. The van der Waals surface area contributed by atoms with E-state index in [4.69, 9.17) is 0 Å². The number of nitrogens with zero attached hydrogens (tertiary/aromatic N) is 1. The van der Waals surface area contributed by atoms with Crippen LogP contribution in [0.15, 0.2) is 47.1 Å². The zero-order valence-corrected chi connectivity index (χ0v) is 12.7. The Morgan fingerprint density at radius 2 is 1.90 bits per heavy atom. The number of halogens is 2. The number of rotatable bonds is 3. The monoisotopic (exact) mass is 336 g/mol. The molecule has 0 atom stereocenters. The maximum Gasteiger partial charge on any atom is 0.252 e. The van der Waals surface area contributed by atoms with Gasteiger partial charge < -0.3 is 5.32 Å². The summed E-state index contributed by atoms with van der Waals surface area (Å²) in [6.45, 7) is 3.79. The summed E-state index contributed by atoms with van der Waals surface area (Å²) in [5, 5.41) is 2.89. The fourth-order valence-corrected chi connectivity index (χ4v) is 2.10. The third-order valence-electron chi connectivity index (χ3n) is 2.98. The van der Waals surface area contributed by atoms with E-state index in [0.717, 1.165) is 16.1 Å². The summed E-state index contributed by atoms with van der Waals surface area (Å²) in [6.07, 6.45) is 1.27. The first-order valence-corrected chi connectivity index (χ1v) is 6.88. The summed E-state index contributed by atoms with van der Waals surface area (Å²) in [6, 6.07) is 10.3. The van der Waals surface area contributed by atoms with E-state index in [1.165, 1.54) is 12.3 Å². The smallest absolute Gasteiger partial charge is 0.252 e. The third kappa shape index (κ3) is 3.42. The van der Waals surface area contributed by atoms with Gasteiger partial charge in [0.15, 0.2) is 0 Å². The summed E-state index contributed by atoms with van der Waals surface area (Å²) in [5.41, 5.74) is 0.656. The van der Waals surface area contributed by atoms with Crippen LogP contribution in [0.2, 0.25) is 0 Å². The summed E-state index contributed by atoms with van der Waals surface area (Å²) in [5.74, 6) is -1.00. The molecule has 104 valence electrons. The number of pyridine rings is 1. The molecule has 1 aromatic heterocycles. The summed E-state index contributed by atoms with van der Waals surface area (Å²) < 4.78 is 14.0. The summed E-state index contributed by atoms with van der Waals surface area (Å²) >= 11 is 3.37. The minimum Gasteiger partial charge on any atom is -0.343 e. The molecule has 0 fully saturated rings. The Balaban J connectivity index is 2.19. The van der Waals surface area contributed by atoms with Crippen molar-refractivity contribution in [3.63, 3.8) is 0 Å². The summed E-state index contributed by atoms with van der Waals surface area (Å²) in [4.78, 5) is 15.6. The lowest BCUT2D eigenvalue weighted by Crippen LogP contribution is -2.41. The predicted molar refractivity (Wildman–Crippen MR) is 78.8 cm³/mol. The Morgan fingerprint density at radius 1 is 1.25 bits per heavy atom. The lowest BCUT2D eigenvalue weighted by Gasteiger charge is -2.27. The van der Waals surface area contributed by atoms with Crippen molar-refractivity contribution in [3.05, 3.63) is 64.1 Å². The van der Waals surface area contributed by atoms with Gasteiger partial charge in [-0.15, -0.1) is 0 Å². The number of carbonyl (C=O) groups is 1. The molecule has 0 aliphatic carbocycles. The van der Waals surface area contributed by atoms with Gasteiger partial charge in [-0.25, -0.2) is 4.98 Å². The van der Waals surface area contributed by atoms with Gasteiger partial charge in [0.1, 0.15) is 0 Å². The van der Waals surface area contributed by atoms with Crippen LogP contribution in [0.1, 0.15) is 29.8 Å². The number of benzene rings is 1. The summed E-state index contributed by atoms with van der Waals surface area (Å²) in [7, 11) is 0. The van der Waals surface area contributed by atoms with E-state index in [-0.39, 0.29) is 11.5 Å². The van der Waals surface area contributed by atoms with E-state index < -0.39 is 11.5 Å². The Labute approximate surface area is 125 Å².